The van der Waals surface area contributed by atoms with Crippen molar-refractivity contribution in [1.82, 2.24) is 4.90 Å². The minimum atomic E-state index is -0.356. The molecule has 0 aromatic heterocycles. The van der Waals surface area contributed by atoms with Crippen molar-refractivity contribution < 1.29 is 4.39 Å². The molecule has 1 heterocycles. The van der Waals surface area contributed by atoms with Crippen molar-refractivity contribution >= 4 is 5.69 Å². The van der Waals surface area contributed by atoms with Gasteiger partial charge in [0.25, 0.3) is 0 Å². The minimum Gasteiger partial charge on any atom is -0.367 e. The van der Waals surface area contributed by atoms with Gasteiger partial charge in [-0.2, -0.15) is 5.26 Å². The largest absolute Gasteiger partial charge is 0.367 e. The fourth-order valence-electron chi connectivity index (χ4n) is 2.47. The van der Waals surface area contributed by atoms with Crippen molar-refractivity contribution in [1.29, 1.82) is 5.26 Å². The molecule has 18 heavy (non-hydrogen) atoms. The topological polar surface area (TPSA) is 30.3 Å². The third kappa shape index (κ3) is 2.32. The molecule has 1 fully saturated rings. The monoisotopic (exact) mass is 247 g/mol. The maximum Gasteiger partial charge on any atom is 0.124 e. The van der Waals surface area contributed by atoms with Crippen LogP contribution < -0.4 is 4.90 Å². The zero-order valence-electron chi connectivity index (χ0n) is 11.0. The summed E-state index contributed by atoms with van der Waals surface area (Å²) in [6, 6.07) is 7.36. The molecule has 0 spiro atoms. The molecule has 2 rings (SSSR count). The molecule has 2 atom stereocenters. The molecule has 1 aliphatic heterocycles. The summed E-state index contributed by atoms with van der Waals surface area (Å²) < 4.78 is 13.1. The second-order valence-corrected chi connectivity index (χ2v) is 5.04. The molecule has 1 aliphatic rings. The van der Waals surface area contributed by atoms with Crippen molar-refractivity contribution in [3.05, 3.63) is 29.6 Å². The highest BCUT2D eigenvalue weighted by Crippen LogP contribution is 2.25. The number of hydrogen-bond acceptors (Lipinski definition) is 3. The number of likely N-dealkylation sites (N-methyl/N-ethyl adjacent to an activating group) is 1. The summed E-state index contributed by atoms with van der Waals surface area (Å²) in [4.78, 5) is 4.50. The average Bonchev–Trinajstić information content (AvgIpc) is 2.35. The van der Waals surface area contributed by atoms with Crippen LogP contribution in [0, 0.1) is 17.1 Å². The van der Waals surface area contributed by atoms with Crippen LogP contribution in [0.4, 0.5) is 10.1 Å². The van der Waals surface area contributed by atoms with E-state index in [1.54, 1.807) is 6.07 Å². The molecule has 0 bridgehead atoms. The third-order valence-corrected chi connectivity index (χ3v) is 3.78. The highest BCUT2D eigenvalue weighted by atomic mass is 19.1. The lowest BCUT2D eigenvalue weighted by Crippen LogP contribution is -2.55. The summed E-state index contributed by atoms with van der Waals surface area (Å²) in [5.74, 6) is -0.356. The van der Waals surface area contributed by atoms with E-state index in [-0.39, 0.29) is 5.82 Å². The molecule has 2 unspecified atom stereocenters. The quantitative estimate of drug-likeness (QED) is 0.762. The van der Waals surface area contributed by atoms with Crippen molar-refractivity contribution in [3.63, 3.8) is 0 Å². The lowest BCUT2D eigenvalue weighted by molar-refractivity contribution is 0.170. The van der Waals surface area contributed by atoms with Gasteiger partial charge in [-0.15, -0.1) is 0 Å². The van der Waals surface area contributed by atoms with Gasteiger partial charge in [0.15, 0.2) is 0 Å². The zero-order valence-corrected chi connectivity index (χ0v) is 11.0. The predicted molar refractivity (Wildman–Crippen MR) is 70.0 cm³/mol. The summed E-state index contributed by atoms with van der Waals surface area (Å²) in [5, 5.41) is 9.10. The fraction of sp³-hybridized carbons (Fsp3) is 0.500. The second kappa shape index (κ2) is 4.95. The van der Waals surface area contributed by atoms with Gasteiger partial charge < -0.3 is 4.90 Å². The Morgan fingerprint density at radius 3 is 2.44 bits per heavy atom. The Kier molecular flexibility index (Phi) is 3.53. The Balaban J connectivity index is 2.30. The second-order valence-electron chi connectivity index (χ2n) is 5.04. The number of nitrogens with zero attached hydrogens (tertiary/aromatic N) is 3. The van der Waals surface area contributed by atoms with Crippen LogP contribution in [-0.4, -0.2) is 37.1 Å². The van der Waals surface area contributed by atoms with Gasteiger partial charge >= 0.3 is 0 Å². The number of rotatable bonds is 1. The molecule has 4 heteroatoms. The summed E-state index contributed by atoms with van der Waals surface area (Å²) >= 11 is 0. The van der Waals surface area contributed by atoms with E-state index in [4.69, 9.17) is 5.26 Å². The molecule has 0 amide bonds. The molecular formula is C14H18FN3. The van der Waals surface area contributed by atoms with E-state index in [2.05, 4.69) is 36.8 Å². The van der Waals surface area contributed by atoms with Gasteiger partial charge in [0.2, 0.25) is 0 Å². The predicted octanol–water partition coefficient (Wildman–Crippen LogP) is 2.23. The van der Waals surface area contributed by atoms with E-state index < -0.39 is 0 Å². The van der Waals surface area contributed by atoms with Crippen LogP contribution in [0.3, 0.4) is 0 Å². The molecule has 3 nitrogen and oxygen atoms in total. The van der Waals surface area contributed by atoms with E-state index in [0.29, 0.717) is 17.6 Å². The third-order valence-electron chi connectivity index (χ3n) is 3.78. The first-order valence-corrected chi connectivity index (χ1v) is 6.19. The van der Waals surface area contributed by atoms with Crippen molar-refractivity contribution in [2.75, 3.05) is 25.0 Å². The maximum atomic E-state index is 13.1. The number of piperazine rings is 1. The SMILES string of the molecule is CC1CN(c2ccc(F)cc2C#N)CC(C)N1C. The molecule has 0 aliphatic carbocycles. The van der Waals surface area contributed by atoms with Crippen molar-refractivity contribution in [2.45, 2.75) is 25.9 Å². The molecule has 96 valence electrons. The van der Waals surface area contributed by atoms with Crippen LogP contribution in [0.5, 0.6) is 0 Å². The Hall–Kier alpha value is -1.60. The Morgan fingerprint density at radius 2 is 1.89 bits per heavy atom. The van der Waals surface area contributed by atoms with E-state index in [9.17, 15) is 4.39 Å². The highest BCUT2D eigenvalue weighted by molar-refractivity contribution is 5.59. The number of benzene rings is 1. The van der Waals surface area contributed by atoms with E-state index in [0.717, 1.165) is 18.8 Å². The summed E-state index contributed by atoms with van der Waals surface area (Å²) in [6.07, 6.45) is 0. The molecule has 1 aromatic carbocycles. The first-order chi connectivity index (χ1) is 8.52. The molecule has 0 radical (unpaired) electrons. The van der Waals surface area contributed by atoms with Crippen LogP contribution in [-0.2, 0) is 0 Å². The smallest absolute Gasteiger partial charge is 0.124 e. The van der Waals surface area contributed by atoms with E-state index >= 15 is 0 Å². The Bertz CT molecular complexity index is 468. The standard InChI is InChI=1S/C14H18FN3/c1-10-8-18(9-11(2)17(10)3)14-5-4-13(15)6-12(14)7-16/h4-6,10-11H,8-9H2,1-3H3. The molecular weight excluding hydrogens is 229 g/mol. The summed E-state index contributed by atoms with van der Waals surface area (Å²) in [5.41, 5.74) is 1.25. The lowest BCUT2D eigenvalue weighted by Gasteiger charge is -2.43. The molecule has 1 saturated heterocycles. The van der Waals surface area contributed by atoms with Crippen LogP contribution in [0.2, 0.25) is 0 Å². The van der Waals surface area contributed by atoms with Crippen LogP contribution in [0.1, 0.15) is 19.4 Å². The first-order valence-electron chi connectivity index (χ1n) is 6.19. The molecule has 0 N–H and O–H groups in total. The number of hydrogen-bond donors (Lipinski definition) is 0. The van der Waals surface area contributed by atoms with E-state index in [1.807, 2.05) is 0 Å². The van der Waals surface area contributed by atoms with Crippen molar-refractivity contribution in [2.24, 2.45) is 0 Å². The Morgan fingerprint density at radius 1 is 1.28 bits per heavy atom. The fourth-order valence-corrected chi connectivity index (χ4v) is 2.47. The highest BCUT2D eigenvalue weighted by Gasteiger charge is 2.27. The van der Waals surface area contributed by atoms with Gasteiger partial charge in [0.1, 0.15) is 11.9 Å². The number of nitriles is 1. The number of halogens is 1. The minimum absolute atomic E-state index is 0.356. The van der Waals surface area contributed by atoms with Gasteiger partial charge in [0.05, 0.1) is 11.3 Å². The number of anilines is 1. The summed E-state index contributed by atoms with van der Waals surface area (Å²) in [7, 11) is 2.11. The van der Waals surface area contributed by atoms with Crippen LogP contribution in [0.25, 0.3) is 0 Å². The van der Waals surface area contributed by atoms with Gasteiger partial charge in [-0.1, -0.05) is 0 Å². The average molecular weight is 247 g/mol. The van der Waals surface area contributed by atoms with Gasteiger partial charge in [0, 0.05) is 25.2 Å². The Labute approximate surface area is 107 Å². The van der Waals surface area contributed by atoms with Crippen molar-refractivity contribution in [3.8, 4) is 6.07 Å². The normalized spacial score (nSPS) is 24.9. The molecule has 0 saturated carbocycles. The first kappa shape index (κ1) is 12.8. The zero-order chi connectivity index (χ0) is 13.3. The molecule has 1 aromatic rings. The van der Waals surface area contributed by atoms with Gasteiger partial charge in [-0.3, -0.25) is 4.90 Å². The van der Waals surface area contributed by atoms with Crippen LogP contribution in [0.15, 0.2) is 18.2 Å². The van der Waals surface area contributed by atoms with Gasteiger partial charge in [-0.25, -0.2) is 4.39 Å². The maximum absolute atomic E-state index is 13.1. The van der Waals surface area contributed by atoms with E-state index in [1.165, 1.54) is 12.1 Å². The lowest BCUT2D eigenvalue weighted by atomic mass is 10.1. The van der Waals surface area contributed by atoms with Gasteiger partial charge in [-0.05, 0) is 39.1 Å². The van der Waals surface area contributed by atoms with Crippen LogP contribution >= 0.6 is 0 Å². The summed E-state index contributed by atoms with van der Waals surface area (Å²) in [6.45, 7) is 6.05.